The second-order valence-corrected chi connectivity index (χ2v) is 2.63. The lowest BCUT2D eigenvalue weighted by molar-refractivity contribution is 1.26. The Kier molecular flexibility index (Phi) is 2.48. The summed E-state index contributed by atoms with van der Waals surface area (Å²) in [6.07, 6.45) is 3.98. The van der Waals surface area contributed by atoms with Crippen LogP contribution in [0.25, 0.3) is 6.08 Å². The smallest absolute Gasteiger partial charge is 0.0267 e. The molecule has 1 aromatic rings. The summed E-state index contributed by atoms with van der Waals surface area (Å²) in [7, 11) is 0. The van der Waals surface area contributed by atoms with E-state index in [9.17, 15) is 0 Å². The average Bonchev–Trinajstić information content (AvgIpc) is 2.34. The second kappa shape index (κ2) is 3.43. The van der Waals surface area contributed by atoms with E-state index in [2.05, 4.69) is 11.4 Å². The third-order valence-electron chi connectivity index (χ3n) is 0.961. The van der Waals surface area contributed by atoms with E-state index in [1.165, 1.54) is 4.88 Å². The Balaban J connectivity index is 2.57. The third-order valence-corrected chi connectivity index (χ3v) is 1.80. The molecule has 0 amide bonds. The molecule has 1 nitrogen and oxygen atoms in total. The number of hydrogen-bond donors (Lipinski definition) is 1. The molecule has 2 N–H and O–H groups in total. The van der Waals surface area contributed by atoms with E-state index in [0.717, 1.165) is 0 Å². The van der Waals surface area contributed by atoms with E-state index in [0.29, 0.717) is 6.54 Å². The highest BCUT2D eigenvalue weighted by Crippen LogP contribution is 2.09. The maximum atomic E-state index is 5.26. The van der Waals surface area contributed by atoms with Gasteiger partial charge in [0.1, 0.15) is 0 Å². The summed E-state index contributed by atoms with van der Waals surface area (Å²) >= 11 is 1.72. The fraction of sp³-hybridized carbons (Fsp3) is 0.143. The van der Waals surface area contributed by atoms with Crippen LogP contribution in [0.15, 0.2) is 23.6 Å². The molecule has 1 aromatic heterocycles. The first-order valence-corrected chi connectivity index (χ1v) is 3.71. The molecule has 0 radical (unpaired) electrons. The Hall–Kier alpha value is -0.600. The van der Waals surface area contributed by atoms with Crippen molar-refractivity contribution in [3.63, 3.8) is 0 Å². The molecular formula is C7H9NS. The minimum absolute atomic E-state index is 0.623. The van der Waals surface area contributed by atoms with Gasteiger partial charge in [-0.2, -0.15) is 0 Å². The SMILES string of the molecule is NC/C=C/c1cccs1. The summed E-state index contributed by atoms with van der Waals surface area (Å²) in [6, 6.07) is 4.09. The second-order valence-electron chi connectivity index (χ2n) is 1.65. The van der Waals surface area contributed by atoms with E-state index >= 15 is 0 Å². The van der Waals surface area contributed by atoms with Crippen molar-refractivity contribution >= 4 is 17.4 Å². The van der Waals surface area contributed by atoms with Crippen LogP contribution in [0.4, 0.5) is 0 Å². The molecule has 0 saturated carbocycles. The number of rotatable bonds is 2. The Morgan fingerprint density at radius 2 is 2.56 bits per heavy atom. The van der Waals surface area contributed by atoms with Crippen molar-refractivity contribution in [3.8, 4) is 0 Å². The molecule has 0 spiro atoms. The lowest BCUT2D eigenvalue weighted by Gasteiger charge is -1.79. The predicted molar refractivity (Wildman–Crippen MR) is 42.4 cm³/mol. The highest BCUT2D eigenvalue weighted by atomic mass is 32.1. The molecule has 1 heterocycles. The average molecular weight is 139 g/mol. The number of nitrogens with two attached hydrogens (primary N) is 1. The zero-order chi connectivity index (χ0) is 6.53. The molecule has 2 heteroatoms. The van der Waals surface area contributed by atoms with Gasteiger partial charge in [0.05, 0.1) is 0 Å². The van der Waals surface area contributed by atoms with Gasteiger partial charge < -0.3 is 5.73 Å². The van der Waals surface area contributed by atoms with Crippen LogP contribution in [0.5, 0.6) is 0 Å². The van der Waals surface area contributed by atoms with Crippen molar-refractivity contribution < 1.29 is 0 Å². The van der Waals surface area contributed by atoms with Gasteiger partial charge in [-0.25, -0.2) is 0 Å². The van der Waals surface area contributed by atoms with Gasteiger partial charge in [0.15, 0.2) is 0 Å². The Morgan fingerprint density at radius 3 is 3.11 bits per heavy atom. The van der Waals surface area contributed by atoms with E-state index < -0.39 is 0 Å². The topological polar surface area (TPSA) is 26.0 Å². The first-order chi connectivity index (χ1) is 4.43. The molecule has 0 aromatic carbocycles. The minimum atomic E-state index is 0.623. The Bertz CT molecular complexity index is 177. The van der Waals surface area contributed by atoms with Crippen LogP contribution in [0.1, 0.15) is 4.88 Å². The minimum Gasteiger partial charge on any atom is -0.327 e. The zero-order valence-corrected chi connectivity index (χ0v) is 5.90. The molecule has 0 bridgehead atoms. The van der Waals surface area contributed by atoms with Gasteiger partial charge in [-0.15, -0.1) is 11.3 Å². The molecule has 1 rings (SSSR count). The molecule has 0 saturated heterocycles. The quantitative estimate of drug-likeness (QED) is 0.663. The van der Waals surface area contributed by atoms with Gasteiger partial charge in [0.2, 0.25) is 0 Å². The van der Waals surface area contributed by atoms with Gasteiger partial charge in [-0.05, 0) is 17.5 Å². The van der Waals surface area contributed by atoms with Gasteiger partial charge in [0, 0.05) is 11.4 Å². The van der Waals surface area contributed by atoms with Crippen LogP contribution in [0.3, 0.4) is 0 Å². The summed E-state index contributed by atoms with van der Waals surface area (Å²) in [5, 5.41) is 2.05. The highest BCUT2D eigenvalue weighted by Gasteiger charge is 1.81. The van der Waals surface area contributed by atoms with Crippen LogP contribution in [0.2, 0.25) is 0 Å². The Labute approximate surface area is 58.8 Å². The first-order valence-electron chi connectivity index (χ1n) is 2.83. The van der Waals surface area contributed by atoms with Crippen molar-refractivity contribution in [1.82, 2.24) is 0 Å². The summed E-state index contributed by atoms with van der Waals surface area (Å²) in [5.74, 6) is 0. The normalized spacial score (nSPS) is 10.8. The van der Waals surface area contributed by atoms with Crippen molar-refractivity contribution in [3.05, 3.63) is 28.5 Å². The van der Waals surface area contributed by atoms with Crippen molar-refractivity contribution in [2.45, 2.75) is 0 Å². The largest absolute Gasteiger partial charge is 0.327 e. The van der Waals surface area contributed by atoms with Crippen molar-refractivity contribution in [1.29, 1.82) is 0 Å². The number of hydrogen-bond acceptors (Lipinski definition) is 2. The van der Waals surface area contributed by atoms with Crippen molar-refractivity contribution in [2.24, 2.45) is 5.73 Å². The van der Waals surface area contributed by atoms with E-state index in [-0.39, 0.29) is 0 Å². The monoisotopic (exact) mass is 139 g/mol. The summed E-state index contributed by atoms with van der Waals surface area (Å²) in [5.41, 5.74) is 5.26. The van der Waals surface area contributed by atoms with Gasteiger partial charge in [0.25, 0.3) is 0 Å². The third kappa shape index (κ3) is 2.00. The highest BCUT2D eigenvalue weighted by molar-refractivity contribution is 7.10. The van der Waals surface area contributed by atoms with Crippen LogP contribution in [-0.2, 0) is 0 Å². The Morgan fingerprint density at radius 1 is 1.67 bits per heavy atom. The predicted octanol–water partition coefficient (Wildman–Crippen LogP) is 1.72. The van der Waals surface area contributed by atoms with Gasteiger partial charge in [-0.1, -0.05) is 12.1 Å². The van der Waals surface area contributed by atoms with Gasteiger partial charge in [-0.3, -0.25) is 0 Å². The van der Waals surface area contributed by atoms with Crippen LogP contribution >= 0.6 is 11.3 Å². The molecular weight excluding hydrogens is 130 g/mol. The maximum absolute atomic E-state index is 5.26. The zero-order valence-electron chi connectivity index (χ0n) is 5.08. The van der Waals surface area contributed by atoms with Crippen LogP contribution < -0.4 is 5.73 Å². The first kappa shape index (κ1) is 6.52. The molecule has 0 fully saturated rings. The summed E-state index contributed by atoms with van der Waals surface area (Å²) in [4.78, 5) is 1.26. The number of thiophene rings is 1. The van der Waals surface area contributed by atoms with Crippen LogP contribution in [-0.4, -0.2) is 6.54 Å². The molecule has 0 unspecified atom stereocenters. The molecule has 9 heavy (non-hydrogen) atoms. The summed E-state index contributed by atoms with van der Waals surface area (Å²) < 4.78 is 0. The van der Waals surface area contributed by atoms with Crippen molar-refractivity contribution in [2.75, 3.05) is 6.54 Å². The van der Waals surface area contributed by atoms with Crippen LogP contribution in [0, 0.1) is 0 Å². The fourth-order valence-electron chi connectivity index (χ4n) is 0.570. The molecule has 48 valence electrons. The molecule has 0 aliphatic carbocycles. The molecule has 0 atom stereocenters. The maximum Gasteiger partial charge on any atom is 0.0267 e. The lowest BCUT2D eigenvalue weighted by atomic mass is 10.4. The fourth-order valence-corrected chi connectivity index (χ4v) is 1.22. The van der Waals surface area contributed by atoms with E-state index in [1.807, 2.05) is 18.2 Å². The lowest BCUT2D eigenvalue weighted by Crippen LogP contribution is -1.91. The summed E-state index contributed by atoms with van der Waals surface area (Å²) in [6.45, 7) is 0.623. The van der Waals surface area contributed by atoms with Gasteiger partial charge >= 0.3 is 0 Å². The van der Waals surface area contributed by atoms with E-state index in [1.54, 1.807) is 11.3 Å². The molecule has 0 aliphatic rings. The van der Waals surface area contributed by atoms with E-state index in [4.69, 9.17) is 5.73 Å². The molecule has 0 aliphatic heterocycles. The standard InChI is InChI=1S/C7H9NS/c8-5-1-3-7-4-2-6-9-7/h1-4,6H,5,8H2/b3-1+.